The van der Waals surface area contributed by atoms with Gasteiger partial charge in [-0.15, -0.1) is 0 Å². The third kappa shape index (κ3) is 3.73. The van der Waals surface area contributed by atoms with E-state index in [1.165, 1.54) is 18.2 Å². The van der Waals surface area contributed by atoms with Gasteiger partial charge in [-0.3, -0.25) is 4.57 Å². The SMILES string of the molecule is N[C@]1(C(=O)OC2CCCC2)CP1(=O)Oc1ccccc1Oc1c(F)c(F)c(F)c(F)c1F. The molecule has 12 heteroatoms. The summed E-state index contributed by atoms with van der Waals surface area (Å²) in [6.45, 7) is 0. The van der Waals surface area contributed by atoms with Gasteiger partial charge in [-0.05, 0) is 37.8 Å². The maximum atomic E-state index is 14.0. The lowest BCUT2D eigenvalue weighted by molar-refractivity contribution is -0.150. The van der Waals surface area contributed by atoms with Gasteiger partial charge in [0, 0.05) is 0 Å². The number of esters is 1. The standard InChI is InChI=1S/C20H17F5NO5P/c21-13-14(22)16(24)18(17(25)15(13)23)30-11-7-3-4-8-12(11)31-32(28)9-20(32,26)19(27)29-10-5-1-2-6-10/h3-4,7-8,10H,1-2,5-6,9,26H2/t20-,32?/m1/s1. The van der Waals surface area contributed by atoms with Crippen LogP contribution in [-0.2, 0) is 14.1 Å². The van der Waals surface area contributed by atoms with Crippen molar-refractivity contribution >= 4 is 13.3 Å². The Kier molecular flexibility index (Phi) is 5.67. The summed E-state index contributed by atoms with van der Waals surface area (Å²) in [6.07, 6.45) is 2.47. The predicted octanol–water partition coefficient (Wildman–Crippen LogP) is 4.99. The number of carbonyl (C=O) groups is 1. The number of nitrogens with two attached hydrogens (primary N) is 1. The van der Waals surface area contributed by atoms with E-state index in [2.05, 4.69) is 0 Å². The molecule has 0 radical (unpaired) electrons. The van der Waals surface area contributed by atoms with Gasteiger partial charge >= 0.3 is 5.97 Å². The molecule has 6 nitrogen and oxygen atoms in total. The number of benzene rings is 2. The van der Waals surface area contributed by atoms with Gasteiger partial charge in [0.1, 0.15) is 6.10 Å². The first-order chi connectivity index (χ1) is 15.1. The average Bonchev–Trinajstić information content (AvgIpc) is 3.07. The second kappa shape index (κ2) is 8.04. The number of rotatable bonds is 6. The van der Waals surface area contributed by atoms with Crippen LogP contribution in [-0.4, -0.2) is 23.5 Å². The Morgan fingerprint density at radius 2 is 1.47 bits per heavy atom. The first-order valence-corrected chi connectivity index (χ1v) is 11.5. The highest BCUT2D eigenvalue weighted by Gasteiger charge is 2.73. The molecule has 172 valence electrons. The van der Waals surface area contributed by atoms with E-state index in [0.717, 1.165) is 18.9 Å². The fourth-order valence-electron chi connectivity index (χ4n) is 3.41. The third-order valence-electron chi connectivity index (χ3n) is 5.36. The zero-order chi connectivity index (χ0) is 23.3. The molecule has 1 aliphatic carbocycles. The first-order valence-electron chi connectivity index (χ1n) is 9.64. The highest BCUT2D eigenvalue weighted by molar-refractivity contribution is 7.70. The van der Waals surface area contributed by atoms with E-state index in [0.29, 0.717) is 12.8 Å². The van der Waals surface area contributed by atoms with Gasteiger partial charge in [-0.1, -0.05) is 12.1 Å². The first kappa shape index (κ1) is 22.5. The van der Waals surface area contributed by atoms with Crippen LogP contribution in [0.2, 0.25) is 0 Å². The van der Waals surface area contributed by atoms with Crippen molar-refractivity contribution in [3.8, 4) is 17.2 Å². The number of para-hydroxylation sites is 2. The topological polar surface area (TPSA) is 87.9 Å². The van der Waals surface area contributed by atoms with E-state index in [1.54, 1.807) is 0 Å². The number of hydrogen-bond donors (Lipinski definition) is 1. The number of carbonyl (C=O) groups excluding carboxylic acids is 1. The molecule has 0 amide bonds. The van der Waals surface area contributed by atoms with Crippen molar-refractivity contribution in [2.45, 2.75) is 37.1 Å². The number of ether oxygens (including phenoxy) is 2. The summed E-state index contributed by atoms with van der Waals surface area (Å²) in [4.78, 5) is 12.4. The summed E-state index contributed by atoms with van der Waals surface area (Å²) in [5.74, 6) is -14.4. The summed E-state index contributed by atoms with van der Waals surface area (Å²) in [5, 5.41) is -1.90. The minimum Gasteiger partial charge on any atom is -0.461 e. The van der Waals surface area contributed by atoms with Crippen molar-refractivity contribution in [2.24, 2.45) is 5.73 Å². The Hall–Kier alpha value is -2.65. The van der Waals surface area contributed by atoms with E-state index >= 15 is 0 Å². The van der Waals surface area contributed by atoms with Crippen LogP contribution in [0.4, 0.5) is 22.0 Å². The Labute approximate surface area is 178 Å². The van der Waals surface area contributed by atoms with Crippen LogP contribution in [0.5, 0.6) is 17.2 Å². The molecule has 0 bridgehead atoms. The van der Waals surface area contributed by atoms with E-state index in [9.17, 15) is 31.3 Å². The zero-order valence-electron chi connectivity index (χ0n) is 16.4. The van der Waals surface area contributed by atoms with Gasteiger partial charge in [0.15, 0.2) is 11.5 Å². The molecule has 2 aromatic carbocycles. The Morgan fingerprint density at radius 3 is 2.06 bits per heavy atom. The fourth-order valence-corrected chi connectivity index (χ4v) is 5.48. The zero-order valence-corrected chi connectivity index (χ0v) is 17.3. The smallest absolute Gasteiger partial charge is 0.338 e. The van der Waals surface area contributed by atoms with E-state index in [-0.39, 0.29) is 18.0 Å². The normalized spacial score (nSPS) is 24.9. The molecule has 1 saturated carbocycles. The van der Waals surface area contributed by atoms with Gasteiger partial charge in [-0.2, -0.15) is 8.78 Å². The minimum atomic E-state index is -3.83. The lowest BCUT2D eigenvalue weighted by Crippen LogP contribution is -2.38. The van der Waals surface area contributed by atoms with Gasteiger partial charge in [0.2, 0.25) is 40.1 Å². The second-order valence-corrected chi connectivity index (χ2v) is 10.3. The molecule has 1 saturated heterocycles. The van der Waals surface area contributed by atoms with Crippen LogP contribution in [0.3, 0.4) is 0 Å². The molecule has 2 aliphatic rings. The summed E-state index contributed by atoms with van der Waals surface area (Å²) in [5.41, 5.74) is 5.94. The molecule has 4 rings (SSSR count). The largest absolute Gasteiger partial charge is 0.461 e. The Bertz CT molecular complexity index is 1110. The van der Waals surface area contributed by atoms with Crippen molar-refractivity contribution in [1.82, 2.24) is 0 Å². The highest BCUT2D eigenvalue weighted by Crippen LogP contribution is 2.73. The van der Waals surface area contributed by atoms with E-state index < -0.39 is 59.2 Å². The number of halogens is 5. The summed E-state index contributed by atoms with van der Waals surface area (Å²) >= 11 is 0. The Balaban J connectivity index is 1.57. The molecular formula is C20H17F5NO5P. The van der Waals surface area contributed by atoms with Gasteiger partial charge < -0.3 is 19.7 Å². The maximum Gasteiger partial charge on any atom is 0.338 e. The summed E-state index contributed by atoms with van der Waals surface area (Å²) < 4.78 is 96.7. The van der Waals surface area contributed by atoms with Gasteiger partial charge in [0.05, 0.1) is 6.16 Å². The van der Waals surface area contributed by atoms with Crippen LogP contribution in [0.1, 0.15) is 25.7 Å². The molecule has 2 atom stereocenters. The van der Waals surface area contributed by atoms with Crippen LogP contribution < -0.4 is 15.0 Å². The minimum absolute atomic E-state index is 0.318. The molecule has 2 aromatic rings. The van der Waals surface area contributed by atoms with Crippen LogP contribution in [0.15, 0.2) is 24.3 Å². The molecule has 0 aromatic heterocycles. The average molecular weight is 477 g/mol. The van der Waals surface area contributed by atoms with Crippen LogP contribution in [0.25, 0.3) is 0 Å². The highest BCUT2D eigenvalue weighted by atomic mass is 31.2. The molecular weight excluding hydrogens is 460 g/mol. The second-order valence-electron chi connectivity index (χ2n) is 7.61. The Morgan fingerprint density at radius 1 is 0.938 bits per heavy atom. The molecule has 2 N–H and O–H groups in total. The van der Waals surface area contributed by atoms with Crippen molar-refractivity contribution < 1.29 is 45.3 Å². The van der Waals surface area contributed by atoms with Crippen molar-refractivity contribution in [3.63, 3.8) is 0 Å². The predicted molar refractivity (Wildman–Crippen MR) is 101 cm³/mol. The monoisotopic (exact) mass is 477 g/mol. The third-order valence-corrected chi connectivity index (χ3v) is 7.94. The summed E-state index contributed by atoms with van der Waals surface area (Å²) in [7, 11) is -3.83. The van der Waals surface area contributed by atoms with E-state index in [4.69, 9.17) is 19.7 Å². The number of hydrogen-bond acceptors (Lipinski definition) is 6. The van der Waals surface area contributed by atoms with Crippen LogP contribution in [0, 0.1) is 29.1 Å². The quantitative estimate of drug-likeness (QED) is 0.208. The lowest BCUT2D eigenvalue weighted by atomic mass is 10.2. The molecule has 0 spiro atoms. The fraction of sp³-hybridized carbons (Fsp3) is 0.350. The van der Waals surface area contributed by atoms with Gasteiger partial charge in [0.25, 0.3) is 7.37 Å². The summed E-state index contributed by atoms with van der Waals surface area (Å²) in [6, 6.07) is 4.98. The van der Waals surface area contributed by atoms with Crippen molar-refractivity contribution in [1.29, 1.82) is 0 Å². The molecule has 1 aliphatic heterocycles. The van der Waals surface area contributed by atoms with Crippen LogP contribution >= 0.6 is 7.37 Å². The molecule has 1 unspecified atom stereocenters. The van der Waals surface area contributed by atoms with E-state index in [1.807, 2.05) is 0 Å². The molecule has 2 fully saturated rings. The maximum absolute atomic E-state index is 14.0. The molecule has 1 heterocycles. The van der Waals surface area contributed by atoms with Crippen molar-refractivity contribution in [3.05, 3.63) is 53.4 Å². The molecule has 32 heavy (non-hydrogen) atoms. The van der Waals surface area contributed by atoms with Crippen molar-refractivity contribution in [2.75, 3.05) is 6.16 Å². The lowest BCUT2D eigenvalue weighted by Gasteiger charge is -2.17. The van der Waals surface area contributed by atoms with Gasteiger partial charge in [-0.25, -0.2) is 18.0 Å².